The second kappa shape index (κ2) is 14.2. The average Bonchev–Trinajstić information content (AvgIpc) is 3.95. The number of aromatic nitrogens is 1. The van der Waals surface area contributed by atoms with Gasteiger partial charge in [-0.3, -0.25) is 19.1 Å². The lowest BCUT2D eigenvalue weighted by molar-refractivity contribution is -0.143. The molecule has 4 amide bonds. The Hall–Kier alpha value is -4.40. The van der Waals surface area contributed by atoms with E-state index in [-0.39, 0.29) is 25.5 Å². The summed E-state index contributed by atoms with van der Waals surface area (Å²) in [6.45, 7) is 18.0. The molecule has 3 fully saturated rings. The van der Waals surface area contributed by atoms with Crippen molar-refractivity contribution in [1.29, 1.82) is 0 Å². The Morgan fingerprint density at radius 3 is 2.35 bits per heavy atom. The average molecular weight is 742 g/mol. The van der Waals surface area contributed by atoms with Crippen LogP contribution < -0.4 is 24.8 Å². The Bertz CT molecular complexity index is 1850. The largest absolute Gasteiger partial charge is 0.491 e. The number of likely N-dealkylation sites (tertiary alicyclic amines) is 1. The lowest BCUT2D eigenvalue weighted by Gasteiger charge is -2.36. The molecule has 3 aliphatic rings. The Morgan fingerprint density at radius 2 is 1.77 bits per heavy atom. The number of carbonyl (C=O) groups excluding carboxylic acids is 4. The van der Waals surface area contributed by atoms with Gasteiger partial charge in [-0.2, -0.15) is 0 Å². The lowest BCUT2D eigenvalue weighted by Crippen LogP contribution is -2.60. The van der Waals surface area contributed by atoms with Crippen LogP contribution in [0.2, 0.25) is 0 Å². The predicted octanol–water partition coefficient (Wildman–Crippen LogP) is 3.98. The van der Waals surface area contributed by atoms with Gasteiger partial charge in [0.2, 0.25) is 27.7 Å². The molecule has 5 rings (SSSR count). The van der Waals surface area contributed by atoms with E-state index in [0.717, 1.165) is 5.39 Å². The highest BCUT2D eigenvalue weighted by molar-refractivity contribution is 7.91. The van der Waals surface area contributed by atoms with Gasteiger partial charge in [-0.1, -0.05) is 26.8 Å². The maximum atomic E-state index is 14.5. The molecule has 2 saturated carbocycles. The van der Waals surface area contributed by atoms with Gasteiger partial charge in [0.25, 0.3) is 5.91 Å². The number of carbonyl (C=O) groups is 4. The van der Waals surface area contributed by atoms with Gasteiger partial charge >= 0.3 is 6.09 Å². The minimum absolute atomic E-state index is 0.0182. The molecular formula is C37H51N5O9S. The number of benzene rings is 1. The summed E-state index contributed by atoms with van der Waals surface area (Å²) in [7, 11) is -3.90. The Labute approximate surface area is 305 Å². The third-order valence-corrected chi connectivity index (χ3v) is 11.0. The molecule has 52 heavy (non-hydrogen) atoms. The highest BCUT2D eigenvalue weighted by Gasteiger charge is 2.62. The van der Waals surface area contributed by atoms with E-state index in [1.54, 1.807) is 47.7 Å². The minimum atomic E-state index is -3.90. The van der Waals surface area contributed by atoms with Crippen molar-refractivity contribution in [1.82, 2.24) is 25.2 Å². The summed E-state index contributed by atoms with van der Waals surface area (Å²) in [6.07, 6.45) is 2.63. The monoisotopic (exact) mass is 741 g/mol. The summed E-state index contributed by atoms with van der Waals surface area (Å²) in [4.78, 5) is 60.9. The fraction of sp³-hybridized carbons (Fsp3) is 0.595. The number of fused-ring (bicyclic) bond motifs is 1. The summed E-state index contributed by atoms with van der Waals surface area (Å²) < 4.78 is 45.2. The van der Waals surface area contributed by atoms with E-state index < -0.39 is 79.7 Å². The van der Waals surface area contributed by atoms with E-state index in [2.05, 4.69) is 26.9 Å². The lowest BCUT2D eigenvalue weighted by atomic mass is 9.85. The third kappa shape index (κ3) is 8.79. The van der Waals surface area contributed by atoms with E-state index in [0.29, 0.717) is 29.9 Å². The van der Waals surface area contributed by atoms with Crippen LogP contribution in [0.3, 0.4) is 0 Å². The maximum Gasteiger partial charge on any atom is 0.408 e. The highest BCUT2D eigenvalue weighted by Crippen LogP contribution is 2.45. The molecule has 14 nitrogen and oxygen atoms in total. The number of rotatable bonds is 12. The number of alkyl carbamates (subject to hydrolysis) is 1. The van der Waals surface area contributed by atoms with Crippen LogP contribution in [0.5, 0.6) is 11.6 Å². The first kappa shape index (κ1) is 38.8. The van der Waals surface area contributed by atoms with Crippen LogP contribution in [0, 0.1) is 11.3 Å². The molecule has 5 unspecified atom stereocenters. The Balaban J connectivity index is 1.44. The first-order chi connectivity index (χ1) is 24.1. The number of hydrogen-bond donors (Lipinski definition) is 3. The number of hydrogen-bond acceptors (Lipinski definition) is 10. The number of sulfonamides is 1. The van der Waals surface area contributed by atoms with Crippen molar-refractivity contribution >= 4 is 44.6 Å². The summed E-state index contributed by atoms with van der Waals surface area (Å²) in [5.74, 6) is -1.63. The quantitative estimate of drug-likeness (QED) is 0.269. The van der Waals surface area contributed by atoms with Crippen molar-refractivity contribution in [2.45, 2.75) is 122 Å². The second-order valence-electron chi connectivity index (χ2n) is 16.3. The third-order valence-electron chi connectivity index (χ3n) is 9.22. The standard InChI is InChI=1S/C37H51N5O9S/c1-10-23-19-37(23,33(45)41-52(47,48)26-12-13-26)40-30(43)28-18-25(50-31-27-14-11-24(49-21(2)3)17-22(27)15-16-38-31)20-42(28)32(44)29(35(4,5)6)39-34(46)51-36(7,8)9/h10-11,14-17,21,23,25-26,28-29H,1,12-13,18-20H2,2-9H3,(H,39,46)(H,40,43)(H,41,45). The molecule has 15 heteroatoms. The van der Waals surface area contributed by atoms with E-state index in [1.807, 2.05) is 38.1 Å². The Morgan fingerprint density at radius 1 is 1.08 bits per heavy atom. The zero-order valence-electron chi connectivity index (χ0n) is 31.1. The van der Waals surface area contributed by atoms with Gasteiger partial charge in [-0.25, -0.2) is 18.2 Å². The van der Waals surface area contributed by atoms with Gasteiger partial charge in [-0.15, -0.1) is 6.58 Å². The maximum absolute atomic E-state index is 14.5. The molecule has 5 atom stereocenters. The topological polar surface area (TPSA) is 182 Å². The van der Waals surface area contributed by atoms with Gasteiger partial charge in [0.15, 0.2) is 0 Å². The van der Waals surface area contributed by atoms with Crippen molar-refractivity contribution in [3.63, 3.8) is 0 Å². The molecule has 0 bridgehead atoms. The number of nitrogens with one attached hydrogen (secondary N) is 3. The van der Waals surface area contributed by atoms with Gasteiger partial charge in [-0.05, 0) is 88.9 Å². The molecule has 0 spiro atoms. The summed E-state index contributed by atoms with van der Waals surface area (Å²) >= 11 is 0. The molecule has 284 valence electrons. The van der Waals surface area contributed by atoms with Crippen LogP contribution in [-0.4, -0.2) is 89.3 Å². The van der Waals surface area contributed by atoms with Crippen molar-refractivity contribution in [3.05, 3.63) is 43.1 Å². The first-order valence-corrected chi connectivity index (χ1v) is 19.2. The Kier molecular flexibility index (Phi) is 10.6. The van der Waals surface area contributed by atoms with E-state index in [1.165, 1.54) is 11.0 Å². The van der Waals surface area contributed by atoms with Crippen LogP contribution in [-0.2, 0) is 29.1 Å². The van der Waals surface area contributed by atoms with Gasteiger partial charge in [0.05, 0.1) is 17.9 Å². The van der Waals surface area contributed by atoms with Crippen LogP contribution in [0.15, 0.2) is 43.1 Å². The van der Waals surface area contributed by atoms with E-state index in [9.17, 15) is 27.6 Å². The van der Waals surface area contributed by atoms with Crippen molar-refractivity contribution in [3.8, 4) is 11.6 Å². The SMILES string of the molecule is C=CC1CC1(NC(=O)C1CC(Oc2nccc3cc(OC(C)C)ccc23)CN1C(=O)C(NC(=O)OC(C)(C)C)C(C)(C)C)C(=O)NS(=O)(=O)C1CC1. The molecule has 1 aliphatic heterocycles. The number of amides is 4. The van der Waals surface area contributed by atoms with Crippen molar-refractivity contribution in [2.24, 2.45) is 11.3 Å². The molecule has 1 aromatic carbocycles. The second-order valence-corrected chi connectivity index (χ2v) is 18.2. The van der Waals surface area contributed by atoms with E-state index in [4.69, 9.17) is 14.2 Å². The number of ether oxygens (including phenoxy) is 3. The molecule has 2 aliphatic carbocycles. The molecule has 1 saturated heterocycles. The van der Waals surface area contributed by atoms with Gasteiger partial charge in [0.1, 0.15) is 35.1 Å². The molecule has 2 aromatic rings. The van der Waals surface area contributed by atoms with Gasteiger partial charge in [0, 0.05) is 23.9 Å². The van der Waals surface area contributed by atoms with Crippen molar-refractivity contribution in [2.75, 3.05) is 6.54 Å². The van der Waals surface area contributed by atoms with Crippen LogP contribution >= 0.6 is 0 Å². The van der Waals surface area contributed by atoms with Crippen molar-refractivity contribution < 1.29 is 41.8 Å². The van der Waals surface area contributed by atoms with Crippen LogP contribution in [0.1, 0.15) is 81.1 Å². The fourth-order valence-corrected chi connectivity index (χ4v) is 7.72. The molecule has 0 radical (unpaired) electrons. The molecular weight excluding hydrogens is 691 g/mol. The zero-order valence-corrected chi connectivity index (χ0v) is 32.0. The molecule has 3 N–H and O–H groups in total. The summed E-state index contributed by atoms with van der Waals surface area (Å²) in [5, 5.41) is 6.35. The summed E-state index contributed by atoms with van der Waals surface area (Å²) in [6, 6.07) is 5.08. The number of nitrogens with zero attached hydrogens (tertiary/aromatic N) is 2. The number of pyridine rings is 1. The molecule has 1 aromatic heterocycles. The highest BCUT2D eigenvalue weighted by atomic mass is 32.2. The van der Waals surface area contributed by atoms with Gasteiger partial charge < -0.3 is 29.7 Å². The summed E-state index contributed by atoms with van der Waals surface area (Å²) in [5.41, 5.74) is -3.20. The van der Waals surface area contributed by atoms with E-state index >= 15 is 0 Å². The van der Waals surface area contributed by atoms with Crippen LogP contribution in [0.4, 0.5) is 4.79 Å². The predicted molar refractivity (Wildman–Crippen MR) is 194 cm³/mol. The fourth-order valence-electron chi connectivity index (χ4n) is 6.36. The van der Waals surface area contributed by atoms with Crippen LogP contribution in [0.25, 0.3) is 10.8 Å². The zero-order chi connectivity index (χ0) is 38.4. The first-order valence-electron chi connectivity index (χ1n) is 17.7. The molecule has 2 heterocycles. The smallest absolute Gasteiger partial charge is 0.408 e. The minimum Gasteiger partial charge on any atom is -0.491 e. The normalized spacial score (nSPS) is 23.8.